The predicted molar refractivity (Wildman–Crippen MR) is 93.6 cm³/mol. The number of amides is 1. The number of halogens is 1. The number of rotatable bonds is 4. The number of nitrogens with one attached hydrogen (secondary N) is 1. The molecule has 0 aromatic carbocycles. The number of nitrogens with zero attached hydrogens (tertiary/aromatic N) is 1. The highest BCUT2D eigenvalue weighted by Crippen LogP contribution is 2.37. The highest BCUT2D eigenvalue weighted by atomic mass is 35.5. The molecule has 1 saturated carbocycles. The van der Waals surface area contributed by atoms with E-state index in [9.17, 15) is 13.2 Å². The van der Waals surface area contributed by atoms with Gasteiger partial charge in [0.25, 0.3) is 0 Å². The standard InChI is InChI=1S/C16H28N2O3S.ClH/c19-15(5-12-22(20,21)14-3-1-2-4-14)18-10-7-16(8-11-18)6-9-17-13-16;/h14,17H,1-13H2;1H. The molecule has 1 amide bonds. The number of carbonyl (C=O) groups is 1. The lowest BCUT2D eigenvalue weighted by atomic mass is 9.78. The highest BCUT2D eigenvalue weighted by Gasteiger charge is 2.38. The Hall–Kier alpha value is -0.330. The van der Waals surface area contributed by atoms with E-state index in [1.807, 2.05) is 4.90 Å². The number of carbonyl (C=O) groups excluding carboxylic acids is 1. The predicted octanol–water partition coefficient (Wildman–Crippen LogP) is 1.76. The van der Waals surface area contributed by atoms with E-state index in [0.717, 1.165) is 64.7 Å². The minimum absolute atomic E-state index is 0. The van der Waals surface area contributed by atoms with E-state index in [1.54, 1.807) is 0 Å². The van der Waals surface area contributed by atoms with E-state index in [-0.39, 0.29) is 35.7 Å². The van der Waals surface area contributed by atoms with Gasteiger partial charge in [0.1, 0.15) is 0 Å². The van der Waals surface area contributed by atoms with E-state index in [4.69, 9.17) is 0 Å². The summed E-state index contributed by atoms with van der Waals surface area (Å²) in [5, 5.41) is 3.23. The van der Waals surface area contributed by atoms with Crippen molar-refractivity contribution in [2.75, 3.05) is 31.9 Å². The van der Waals surface area contributed by atoms with Crippen LogP contribution in [-0.4, -0.2) is 56.4 Å². The van der Waals surface area contributed by atoms with Gasteiger partial charge in [-0.05, 0) is 44.1 Å². The lowest BCUT2D eigenvalue weighted by molar-refractivity contribution is -0.132. The Morgan fingerprint density at radius 2 is 1.78 bits per heavy atom. The maximum Gasteiger partial charge on any atom is 0.223 e. The molecule has 134 valence electrons. The van der Waals surface area contributed by atoms with Crippen LogP contribution in [0.2, 0.25) is 0 Å². The van der Waals surface area contributed by atoms with Gasteiger partial charge in [-0.25, -0.2) is 8.42 Å². The first-order valence-corrected chi connectivity index (χ1v) is 10.4. The quantitative estimate of drug-likeness (QED) is 0.825. The highest BCUT2D eigenvalue weighted by molar-refractivity contribution is 7.92. The van der Waals surface area contributed by atoms with Gasteiger partial charge in [-0.2, -0.15) is 0 Å². The molecule has 5 nitrogen and oxygen atoms in total. The second-order valence-electron chi connectivity index (χ2n) is 7.33. The Morgan fingerprint density at radius 3 is 2.35 bits per heavy atom. The van der Waals surface area contributed by atoms with Crippen molar-refractivity contribution in [1.29, 1.82) is 0 Å². The number of hydrogen-bond acceptors (Lipinski definition) is 4. The van der Waals surface area contributed by atoms with Crippen LogP contribution in [0.1, 0.15) is 51.4 Å². The van der Waals surface area contributed by atoms with E-state index >= 15 is 0 Å². The van der Waals surface area contributed by atoms with Crippen molar-refractivity contribution < 1.29 is 13.2 Å². The molecule has 1 spiro atoms. The van der Waals surface area contributed by atoms with Crippen LogP contribution in [0, 0.1) is 5.41 Å². The summed E-state index contributed by atoms with van der Waals surface area (Å²) >= 11 is 0. The minimum Gasteiger partial charge on any atom is -0.343 e. The molecule has 2 saturated heterocycles. The maximum atomic E-state index is 12.3. The van der Waals surface area contributed by atoms with E-state index < -0.39 is 9.84 Å². The fourth-order valence-corrected chi connectivity index (χ4v) is 6.10. The van der Waals surface area contributed by atoms with Crippen molar-refractivity contribution in [2.24, 2.45) is 5.41 Å². The summed E-state index contributed by atoms with van der Waals surface area (Å²) < 4.78 is 24.5. The number of sulfone groups is 1. The number of likely N-dealkylation sites (tertiary alicyclic amines) is 1. The first-order valence-electron chi connectivity index (χ1n) is 8.71. The zero-order valence-electron chi connectivity index (χ0n) is 13.8. The van der Waals surface area contributed by atoms with Gasteiger partial charge in [0.2, 0.25) is 5.91 Å². The molecular formula is C16H29ClN2O3S. The third-order valence-corrected chi connectivity index (χ3v) is 8.18. The van der Waals surface area contributed by atoms with Crippen LogP contribution in [0.25, 0.3) is 0 Å². The van der Waals surface area contributed by atoms with Crippen molar-refractivity contribution >= 4 is 28.2 Å². The smallest absolute Gasteiger partial charge is 0.223 e. The van der Waals surface area contributed by atoms with Gasteiger partial charge in [0, 0.05) is 26.1 Å². The van der Waals surface area contributed by atoms with Crippen molar-refractivity contribution in [3.8, 4) is 0 Å². The molecule has 3 fully saturated rings. The van der Waals surface area contributed by atoms with Crippen LogP contribution in [0.4, 0.5) is 0 Å². The summed E-state index contributed by atoms with van der Waals surface area (Å²) in [6, 6.07) is 0. The molecule has 1 aliphatic carbocycles. The molecule has 7 heteroatoms. The number of hydrogen-bond donors (Lipinski definition) is 1. The average Bonchev–Trinajstić information content (AvgIpc) is 3.18. The largest absolute Gasteiger partial charge is 0.343 e. The summed E-state index contributed by atoms with van der Waals surface area (Å²) in [5.41, 5.74) is 0.396. The Morgan fingerprint density at radius 1 is 1.13 bits per heavy atom. The second kappa shape index (κ2) is 7.70. The monoisotopic (exact) mass is 364 g/mol. The van der Waals surface area contributed by atoms with Crippen LogP contribution in [-0.2, 0) is 14.6 Å². The molecule has 3 aliphatic rings. The van der Waals surface area contributed by atoms with Gasteiger partial charge in [0.15, 0.2) is 9.84 Å². The Balaban J connectivity index is 0.00000192. The molecule has 0 atom stereocenters. The third kappa shape index (κ3) is 4.40. The number of piperidine rings is 1. The normalized spacial score (nSPS) is 24.8. The van der Waals surface area contributed by atoms with E-state index in [2.05, 4.69) is 5.32 Å². The SMILES string of the molecule is Cl.O=C(CCS(=O)(=O)C1CCCC1)N1CCC2(CCNC2)CC1. The summed E-state index contributed by atoms with van der Waals surface area (Å²) in [7, 11) is -3.07. The van der Waals surface area contributed by atoms with Crippen LogP contribution in [0.5, 0.6) is 0 Å². The molecule has 0 aromatic heterocycles. The zero-order chi connectivity index (χ0) is 15.6. The maximum absolute atomic E-state index is 12.3. The molecule has 2 aliphatic heterocycles. The first-order chi connectivity index (χ1) is 10.5. The molecule has 0 bridgehead atoms. The third-order valence-electron chi connectivity index (χ3n) is 5.92. The van der Waals surface area contributed by atoms with Gasteiger partial charge in [-0.3, -0.25) is 4.79 Å². The zero-order valence-corrected chi connectivity index (χ0v) is 15.4. The molecule has 3 rings (SSSR count). The van der Waals surface area contributed by atoms with Gasteiger partial charge in [0.05, 0.1) is 11.0 Å². The summed E-state index contributed by atoms with van der Waals surface area (Å²) in [5.74, 6) is 0.0713. The molecule has 23 heavy (non-hydrogen) atoms. The van der Waals surface area contributed by atoms with Crippen molar-refractivity contribution in [2.45, 2.75) is 56.6 Å². The van der Waals surface area contributed by atoms with E-state index in [1.165, 1.54) is 6.42 Å². The average molecular weight is 365 g/mol. The van der Waals surface area contributed by atoms with E-state index in [0.29, 0.717) is 5.41 Å². The van der Waals surface area contributed by atoms with Crippen LogP contribution in [0.3, 0.4) is 0 Å². The molecule has 2 heterocycles. The molecular weight excluding hydrogens is 336 g/mol. The Labute approximate surface area is 145 Å². The lowest BCUT2D eigenvalue weighted by Gasteiger charge is -2.39. The summed E-state index contributed by atoms with van der Waals surface area (Å²) in [6.07, 6.45) is 7.10. The van der Waals surface area contributed by atoms with Gasteiger partial charge >= 0.3 is 0 Å². The van der Waals surface area contributed by atoms with Crippen molar-refractivity contribution in [1.82, 2.24) is 10.2 Å². The van der Waals surface area contributed by atoms with Crippen LogP contribution >= 0.6 is 12.4 Å². The lowest BCUT2D eigenvalue weighted by Crippen LogP contribution is -2.44. The van der Waals surface area contributed by atoms with Crippen molar-refractivity contribution in [3.05, 3.63) is 0 Å². The fraction of sp³-hybridized carbons (Fsp3) is 0.938. The Bertz CT molecular complexity index is 501. The molecule has 0 radical (unpaired) electrons. The molecule has 0 unspecified atom stereocenters. The molecule has 1 N–H and O–H groups in total. The Kier molecular flexibility index (Phi) is 6.36. The van der Waals surface area contributed by atoms with Crippen LogP contribution < -0.4 is 5.32 Å². The van der Waals surface area contributed by atoms with Crippen molar-refractivity contribution in [3.63, 3.8) is 0 Å². The van der Waals surface area contributed by atoms with Gasteiger partial charge < -0.3 is 10.2 Å². The summed E-state index contributed by atoms with van der Waals surface area (Å²) in [4.78, 5) is 14.2. The topological polar surface area (TPSA) is 66.5 Å². The summed E-state index contributed by atoms with van der Waals surface area (Å²) in [6.45, 7) is 3.76. The van der Waals surface area contributed by atoms with Gasteiger partial charge in [-0.15, -0.1) is 12.4 Å². The second-order valence-corrected chi connectivity index (χ2v) is 9.73. The van der Waals surface area contributed by atoms with Gasteiger partial charge in [-0.1, -0.05) is 12.8 Å². The first kappa shape index (κ1) is 19.0. The fourth-order valence-electron chi connectivity index (χ4n) is 4.25. The minimum atomic E-state index is -3.07. The molecule has 0 aromatic rings. The van der Waals surface area contributed by atoms with Crippen LogP contribution in [0.15, 0.2) is 0 Å².